The third kappa shape index (κ3) is 11.6. The minimum absolute atomic E-state index is 0.0521. The zero-order valence-electron chi connectivity index (χ0n) is 16.1. The molecule has 1 rings (SSSR count). The first-order valence-electron chi connectivity index (χ1n) is 10.1. The van der Waals surface area contributed by atoms with Gasteiger partial charge in [0.2, 0.25) is 11.8 Å². The Kier molecular flexibility index (Phi) is 11.7. The molecule has 1 saturated carbocycles. The molecule has 0 aromatic rings. The largest absolute Gasteiger partial charge is 0.348 e. The molecule has 0 aliphatic heterocycles. The van der Waals surface area contributed by atoms with Crippen LogP contribution in [0.5, 0.6) is 0 Å². The Hall–Kier alpha value is -1.58. The summed E-state index contributed by atoms with van der Waals surface area (Å²) in [6.45, 7) is 4.38. The zero-order valence-corrected chi connectivity index (χ0v) is 16.1. The molecule has 142 valence electrons. The van der Waals surface area contributed by atoms with Gasteiger partial charge in [-0.05, 0) is 44.3 Å². The number of unbranched alkanes of at least 4 members (excludes halogenated alkanes) is 8. The molecule has 2 N–H and O–H groups in total. The predicted octanol–water partition coefficient (Wildman–Crippen LogP) is 4.41. The van der Waals surface area contributed by atoms with Crippen LogP contribution in [0.1, 0.15) is 84.5 Å². The third-order valence-electron chi connectivity index (χ3n) is 4.43. The highest BCUT2D eigenvalue weighted by molar-refractivity contribution is 5.89. The van der Waals surface area contributed by atoms with Gasteiger partial charge in [0.15, 0.2) is 0 Å². The van der Waals surface area contributed by atoms with E-state index in [0.717, 1.165) is 32.1 Å². The molecular weight excluding hydrogens is 312 g/mol. The molecule has 2 atom stereocenters. The highest BCUT2D eigenvalue weighted by Crippen LogP contribution is 2.21. The van der Waals surface area contributed by atoms with Gasteiger partial charge in [-0.1, -0.05) is 64.5 Å². The van der Waals surface area contributed by atoms with E-state index in [0.29, 0.717) is 0 Å². The van der Waals surface area contributed by atoms with Crippen LogP contribution in [0, 0.1) is 0 Å². The number of hydrogen-bond acceptors (Lipinski definition) is 2. The van der Waals surface area contributed by atoms with E-state index in [4.69, 9.17) is 0 Å². The summed E-state index contributed by atoms with van der Waals surface area (Å²) in [7, 11) is 0. The van der Waals surface area contributed by atoms with E-state index in [1.54, 1.807) is 12.2 Å². The maximum atomic E-state index is 11.8. The Balaban J connectivity index is 2.06. The molecule has 0 heterocycles. The van der Waals surface area contributed by atoms with E-state index in [9.17, 15) is 9.59 Å². The summed E-state index contributed by atoms with van der Waals surface area (Å²) in [5.74, 6) is -0.104. The molecule has 1 fully saturated rings. The lowest BCUT2D eigenvalue weighted by atomic mass is 10.1. The fourth-order valence-corrected chi connectivity index (χ4v) is 2.73. The maximum absolute atomic E-state index is 11.8. The molecule has 0 bridgehead atoms. The normalized spacial score (nSPS) is 19.4. The van der Waals surface area contributed by atoms with Crippen molar-refractivity contribution in [2.75, 3.05) is 0 Å². The molecule has 2 unspecified atom stereocenters. The van der Waals surface area contributed by atoms with Gasteiger partial charge in [-0.15, -0.1) is 0 Å². The van der Waals surface area contributed by atoms with Crippen LogP contribution >= 0.6 is 0 Å². The third-order valence-corrected chi connectivity index (χ3v) is 4.43. The molecule has 0 aromatic heterocycles. The number of rotatable bonds is 14. The number of hydrogen-bond donors (Lipinski definition) is 2. The van der Waals surface area contributed by atoms with Gasteiger partial charge in [-0.2, -0.15) is 0 Å². The molecule has 0 saturated heterocycles. The molecule has 0 radical (unpaired) electrons. The second-order valence-corrected chi connectivity index (χ2v) is 6.97. The van der Waals surface area contributed by atoms with Crippen LogP contribution < -0.4 is 10.6 Å². The topological polar surface area (TPSA) is 58.2 Å². The van der Waals surface area contributed by atoms with Crippen LogP contribution in [0.3, 0.4) is 0 Å². The summed E-state index contributed by atoms with van der Waals surface area (Å²) >= 11 is 0. The van der Waals surface area contributed by atoms with Crippen LogP contribution in [-0.2, 0) is 9.59 Å². The number of carbonyl (C=O) groups excluding carboxylic acids is 2. The van der Waals surface area contributed by atoms with E-state index >= 15 is 0 Å². The Morgan fingerprint density at radius 3 is 1.60 bits per heavy atom. The van der Waals surface area contributed by atoms with E-state index < -0.39 is 0 Å². The first-order chi connectivity index (χ1) is 12.2. The predicted molar refractivity (Wildman–Crippen MR) is 104 cm³/mol. The van der Waals surface area contributed by atoms with Gasteiger partial charge in [-0.25, -0.2) is 0 Å². The first-order valence-corrected chi connectivity index (χ1v) is 10.1. The Morgan fingerprint density at radius 1 is 0.760 bits per heavy atom. The summed E-state index contributed by atoms with van der Waals surface area (Å²) in [6, 6.07) is 0.165. The summed E-state index contributed by atoms with van der Waals surface area (Å²) < 4.78 is 0. The van der Waals surface area contributed by atoms with Crippen LogP contribution in [0.4, 0.5) is 0 Å². The summed E-state index contributed by atoms with van der Waals surface area (Å²) in [6.07, 6.45) is 19.6. The van der Waals surface area contributed by atoms with E-state index in [1.807, 2.05) is 12.2 Å². The minimum Gasteiger partial charge on any atom is -0.348 e. The highest BCUT2D eigenvalue weighted by atomic mass is 16.2. The van der Waals surface area contributed by atoms with Gasteiger partial charge in [0.25, 0.3) is 0 Å². The van der Waals surface area contributed by atoms with Gasteiger partial charge in [0.05, 0.1) is 12.1 Å². The van der Waals surface area contributed by atoms with Crippen LogP contribution in [0.2, 0.25) is 0 Å². The van der Waals surface area contributed by atoms with Gasteiger partial charge < -0.3 is 10.6 Å². The Bertz CT molecular complexity index is 403. The number of nitrogens with one attached hydrogen (secondary N) is 2. The van der Waals surface area contributed by atoms with E-state index in [-0.39, 0.29) is 23.9 Å². The molecule has 2 amide bonds. The van der Waals surface area contributed by atoms with E-state index in [2.05, 4.69) is 24.5 Å². The highest BCUT2D eigenvalue weighted by Gasteiger charge is 2.38. The zero-order chi connectivity index (χ0) is 18.3. The molecule has 25 heavy (non-hydrogen) atoms. The van der Waals surface area contributed by atoms with Crippen molar-refractivity contribution >= 4 is 11.8 Å². The van der Waals surface area contributed by atoms with Gasteiger partial charge in [-0.3, -0.25) is 9.59 Å². The average molecular weight is 349 g/mol. The SMILES string of the molecule is CCCCCCC=CC(=O)NC1CC1NC(=O)C=CCCCCCC. The molecule has 1 aliphatic rings. The molecular formula is C21H36N2O2. The quantitative estimate of drug-likeness (QED) is 0.361. The van der Waals surface area contributed by atoms with Crippen LogP contribution in [-0.4, -0.2) is 23.9 Å². The Morgan fingerprint density at radius 2 is 1.20 bits per heavy atom. The van der Waals surface area contributed by atoms with Crippen molar-refractivity contribution in [3.05, 3.63) is 24.3 Å². The van der Waals surface area contributed by atoms with Crippen molar-refractivity contribution in [2.24, 2.45) is 0 Å². The summed E-state index contributed by atoms with van der Waals surface area (Å²) in [4.78, 5) is 23.6. The average Bonchev–Trinajstić information content (AvgIpc) is 3.31. The minimum atomic E-state index is -0.0521. The van der Waals surface area contributed by atoms with Crippen molar-refractivity contribution in [3.8, 4) is 0 Å². The second-order valence-electron chi connectivity index (χ2n) is 6.97. The molecule has 4 nitrogen and oxygen atoms in total. The lowest BCUT2D eigenvalue weighted by molar-refractivity contribution is -0.118. The fraction of sp³-hybridized carbons (Fsp3) is 0.714. The van der Waals surface area contributed by atoms with Crippen molar-refractivity contribution in [1.82, 2.24) is 10.6 Å². The standard InChI is InChI=1S/C21H36N2O2/c1-3-5-7-9-11-13-15-20(24)22-18-17-19(18)23-21(25)16-14-12-10-8-6-4-2/h13-16,18-19H,3-12,17H2,1-2H3,(H,22,24)(H,23,25). The number of carbonyl (C=O) groups is 2. The monoisotopic (exact) mass is 348 g/mol. The van der Waals surface area contributed by atoms with Crippen LogP contribution in [0.15, 0.2) is 24.3 Å². The fourth-order valence-electron chi connectivity index (χ4n) is 2.73. The summed E-state index contributed by atoms with van der Waals surface area (Å²) in [5.41, 5.74) is 0. The molecule has 0 spiro atoms. The van der Waals surface area contributed by atoms with Gasteiger partial charge in [0, 0.05) is 0 Å². The second kappa shape index (κ2) is 13.7. The molecule has 0 aromatic carbocycles. The lowest BCUT2D eigenvalue weighted by Crippen LogP contribution is -2.33. The lowest BCUT2D eigenvalue weighted by Gasteiger charge is -2.02. The first kappa shape index (κ1) is 21.5. The van der Waals surface area contributed by atoms with Crippen molar-refractivity contribution < 1.29 is 9.59 Å². The van der Waals surface area contributed by atoms with Crippen molar-refractivity contribution in [2.45, 2.75) is 96.6 Å². The van der Waals surface area contributed by atoms with E-state index in [1.165, 1.54) is 38.5 Å². The van der Waals surface area contributed by atoms with Gasteiger partial charge >= 0.3 is 0 Å². The number of amides is 2. The smallest absolute Gasteiger partial charge is 0.243 e. The number of allylic oxidation sites excluding steroid dienone is 2. The Labute approximate surface area is 153 Å². The van der Waals surface area contributed by atoms with Gasteiger partial charge in [0.1, 0.15) is 0 Å². The molecule has 1 aliphatic carbocycles. The van der Waals surface area contributed by atoms with Crippen LogP contribution in [0.25, 0.3) is 0 Å². The van der Waals surface area contributed by atoms with Crippen molar-refractivity contribution in [1.29, 1.82) is 0 Å². The van der Waals surface area contributed by atoms with Crippen molar-refractivity contribution in [3.63, 3.8) is 0 Å². The maximum Gasteiger partial charge on any atom is 0.243 e. The summed E-state index contributed by atoms with van der Waals surface area (Å²) in [5, 5.41) is 5.87. The molecule has 4 heteroatoms.